The minimum atomic E-state index is -1.24. The number of amides is 4. The molecule has 6 rings (SSSR count). The van der Waals surface area contributed by atoms with Gasteiger partial charge >= 0.3 is 30.3 Å². The van der Waals surface area contributed by atoms with Gasteiger partial charge in [0.1, 0.15) is 35.5 Å². The Hall–Kier alpha value is -7.41. The molecule has 4 amide bonds. The standard InChI is InChI=1S/C61H82N6O13/c1-59(2,3)78-55(72)62-33-20-11-12-21-34-65(53(70)46(64-56(73)77-39-40-23-14-13-15-24-40)35-42-37-66(57(74)79-60(4,5)6)48-28-18-16-26-44(42)48)50-30-22-25-41(52(50)69)31-32-51(68)63-47(54(71)76-10)36-43-38-67(58(75)80-61(7,8)9)49-29-19-17-27-45(43)49/h13-19,23-24,26-29,37-38,41,46-47,50,52,69H,11-12,20-22,25,30-36,39H2,1-10H3,(H,62,72)(H,63,68)(H,64,73)/t41-,46+,47+,50-,52?/m1/s1. The quantitative estimate of drug-likeness (QED) is 0.0305. The van der Waals surface area contributed by atoms with Crippen molar-refractivity contribution >= 4 is 64.0 Å². The molecule has 0 radical (unpaired) electrons. The minimum Gasteiger partial charge on any atom is -0.467 e. The maximum Gasteiger partial charge on any atom is 0.419 e. The Bertz CT molecular complexity index is 2930. The molecule has 5 atom stereocenters. The number of hydrogen-bond acceptors (Lipinski definition) is 13. The number of carbonyl (C=O) groups is 7. The van der Waals surface area contributed by atoms with Crippen molar-refractivity contribution in [3.05, 3.63) is 108 Å². The van der Waals surface area contributed by atoms with E-state index in [1.807, 2.05) is 54.6 Å². The summed E-state index contributed by atoms with van der Waals surface area (Å²) in [5.74, 6) is -2.05. The van der Waals surface area contributed by atoms with Gasteiger partial charge in [0.15, 0.2) is 0 Å². The fourth-order valence-corrected chi connectivity index (χ4v) is 10.0. The van der Waals surface area contributed by atoms with E-state index in [1.54, 1.807) is 104 Å². The van der Waals surface area contributed by atoms with Gasteiger partial charge in [-0.05, 0) is 129 Å². The SMILES string of the molecule is COC(=O)[C@H](Cc1cn(C(=O)OC(C)(C)C)c2ccccc12)NC(=O)CC[C@H]1CCC[C@@H](N(CCCCCCNC(=O)OC(C)(C)C)C(=O)[C@H](Cc2cn(C(=O)OC(C)(C)C)c3ccccc23)NC(=O)OCc2ccccc2)C1O. The number of methoxy groups -OCH3 is 1. The van der Waals surface area contributed by atoms with Crippen LogP contribution in [0.15, 0.2) is 91.3 Å². The van der Waals surface area contributed by atoms with Crippen molar-refractivity contribution < 1.29 is 62.4 Å². The molecule has 2 heterocycles. The van der Waals surface area contributed by atoms with E-state index in [9.17, 15) is 33.9 Å². The molecule has 434 valence electrons. The Labute approximate surface area is 469 Å². The summed E-state index contributed by atoms with van der Waals surface area (Å²) in [5, 5.41) is 22.2. The maximum atomic E-state index is 15.5. The van der Waals surface area contributed by atoms with Crippen molar-refractivity contribution in [1.82, 2.24) is 30.0 Å². The smallest absolute Gasteiger partial charge is 0.419 e. The number of aliphatic hydroxyl groups excluding tert-OH is 1. The van der Waals surface area contributed by atoms with E-state index < -0.39 is 89.1 Å². The number of alkyl carbamates (subject to hydrolysis) is 2. The van der Waals surface area contributed by atoms with Crippen LogP contribution >= 0.6 is 0 Å². The number of unbranched alkanes of at least 4 members (excludes halogenated alkanes) is 3. The lowest BCUT2D eigenvalue weighted by molar-refractivity contribution is -0.145. The summed E-state index contributed by atoms with van der Waals surface area (Å²) in [4.78, 5) is 97.3. The molecule has 0 aliphatic heterocycles. The molecule has 5 aromatic rings. The largest absolute Gasteiger partial charge is 0.467 e. The van der Waals surface area contributed by atoms with Crippen molar-refractivity contribution in [3.8, 4) is 0 Å². The Balaban J connectivity index is 1.23. The number of benzene rings is 3. The van der Waals surface area contributed by atoms with Gasteiger partial charge in [-0.3, -0.25) is 18.7 Å². The predicted octanol–water partition coefficient (Wildman–Crippen LogP) is 10.1. The van der Waals surface area contributed by atoms with Crippen molar-refractivity contribution in [2.24, 2.45) is 5.92 Å². The molecule has 19 nitrogen and oxygen atoms in total. The first-order valence-corrected chi connectivity index (χ1v) is 27.7. The van der Waals surface area contributed by atoms with E-state index in [4.69, 9.17) is 23.7 Å². The molecule has 80 heavy (non-hydrogen) atoms. The van der Waals surface area contributed by atoms with E-state index in [-0.39, 0.29) is 38.8 Å². The van der Waals surface area contributed by atoms with E-state index in [2.05, 4.69) is 16.0 Å². The van der Waals surface area contributed by atoms with Crippen molar-refractivity contribution in [2.45, 2.75) is 181 Å². The first kappa shape index (κ1) is 61.8. The summed E-state index contributed by atoms with van der Waals surface area (Å²) in [6, 6.07) is 20.5. The van der Waals surface area contributed by atoms with Crippen LogP contribution in [0.4, 0.5) is 19.2 Å². The molecule has 0 spiro atoms. The number of nitrogens with one attached hydrogen (secondary N) is 3. The van der Waals surface area contributed by atoms with Gasteiger partial charge in [-0.2, -0.15) is 0 Å². The zero-order chi connectivity index (χ0) is 58.4. The number of hydrogen-bond donors (Lipinski definition) is 4. The summed E-state index contributed by atoms with van der Waals surface area (Å²) >= 11 is 0. The Morgan fingerprint density at radius 2 is 1.19 bits per heavy atom. The number of nitrogens with zero attached hydrogens (tertiary/aromatic N) is 3. The molecule has 4 N–H and O–H groups in total. The van der Waals surface area contributed by atoms with Crippen molar-refractivity contribution in [3.63, 3.8) is 0 Å². The number of esters is 1. The van der Waals surface area contributed by atoms with Gasteiger partial charge in [-0.15, -0.1) is 0 Å². The van der Waals surface area contributed by atoms with Gasteiger partial charge in [-0.1, -0.05) is 86.0 Å². The molecule has 1 saturated carbocycles. The number of ether oxygens (including phenoxy) is 5. The average Bonchev–Trinajstić information content (AvgIpc) is 3.97. The highest BCUT2D eigenvalue weighted by molar-refractivity contribution is 5.94. The van der Waals surface area contributed by atoms with Crippen LogP contribution in [0, 0.1) is 5.92 Å². The van der Waals surface area contributed by atoms with Crippen molar-refractivity contribution in [1.29, 1.82) is 0 Å². The summed E-state index contributed by atoms with van der Waals surface area (Å²) in [6.45, 7) is 16.5. The molecule has 19 heteroatoms. The van der Waals surface area contributed by atoms with Crippen LogP contribution in [0.3, 0.4) is 0 Å². The lowest BCUT2D eigenvalue weighted by atomic mass is 9.79. The summed E-state index contributed by atoms with van der Waals surface area (Å²) in [5.41, 5.74) is 0.851. The van der Waals surface area contributed by atoms with Gasteiger partial charge in [0.05, 0.1) is 30.3 Å². The zero-order valence-electron chi connectivity index (χ0n) is 48.1. The van der Waals surface area contributed by atoms with Crippen LogP contribution in [0.2, 0.25) is 0 Å². The molecule has 1 aliphatic rings. The fraction of sp³-hybridized carbons (Fsp3) is 0.525. The number of para-hydroxylation sites is 2. The number of rotatable bonds is 21. The molecule has 3 aromatic carbocycles. The van der Waals surface area contributed by atoms with Crippen LogP contribution in [0.25, 0.3) is 21.8 Å². The minimum absolute atomic E-state index is 0.0106. The van der Waals surface area contributed by atoms with Crippen LogP contribution < -0.4 is 16.0 Å². The Kier molecular flexibility index (Phi) is 21.4. The van der Waals surface area contributed by atoms with E-state index in [0.29, 0.717) is 84.4 Å². The Morgan fingerprint density at radius 1 is 0.650 bits per heavy atom. The molecular formula is C61H82N6O13. The highest BCUT2D eigenvalue weighted by Gasteiger charge is 2.40. The van der Waals surface area contributed by atoms with Gasteiger partial charge < -0.3 is 49.6 Å². The summed E-state index contributed by atoms with van der Waals surface area (Å²) < 4.78 is 30.4. The van der Waals surface area contributed by atoms with Gasteiger partial charge in [0.2, 0.25) is 11.8 Å². The monoisotopic (exact) mass is 1110 g/mol. The molecule has 2 aromatic heterocycles. The lowest BCUT2D eigenvalue weighted by Crippen LogP contribution is -2.57. The second kappa shape index (κ2) is 27.6. The number of carbonyl (C=O) groups excluding carboxylic acids is 7. The van der Waals surface area contributed by atoms with E-state index >= 15 is 4.79 Å². The molecule has 1 unspecified atom stereocenters. The maximum absolute atomic E-state index is 15.5. The summed E-state index contributed by atoms with van der Waals surface area (Å²) in [7, 11) is 1.23. The first-order chi connectivity index (χ1) is 37.8. The van der Waals surface area contributed by atoms with Crippen LogP contribution in [0.5, 0.6) is 0 Å². The highest BCUT2D eigenvalue weighted by Crippen LogP contribution is 2.33. The molecule has 0 saturated heterocycles. The fourth-order valence-electron chi connectivity index (χ4n) is 10.0. The van der Waals surface area contributed by atoms with Crippen LogP contribution in [-0.2, 0) is 57.5 Å². The van der Waals surface area contributed by atoms with Gasteiger partial charge in [-0.25, -0.2) is 24.0 Å². The van der Waals surface area contributed by atoms with E-state index in [1.165, 1.54) is 16.2 Å². The third-order valence-corrected chi connectivity index (χ3v) is 13.6. The Morgan fingerprint density at radius 3 is 1.75 bits per heavy atom. The summed E-state index contributed by atoms with van der Waals surface area (Å²) in [6.07, 6.45) is 3.82. The molecule has 1 fully saturated rings. The predicted molar refractivity (Wildman–Crippen MR) is 303 cm³/mol. The van der Waals surface area contributed by atoms with Crippen molar-refractivity contribution in [2.75, 3.05) is 20.2 Å². The van der Waals surface area contributed by atoms with Gasteiger partial charge in [0.25, 0.3) is 0 Å². The average molecular weight is 1110 g/mol. The van der Waals surface area contributed by atoms with Crippen LogP contribution in [0.1, 0.15) is 137 Å². The number of fused-ring (bicyclic) bond motifs is 2. The highest BCUT2D eigenvalue weighted by atomic mass is 16.6. The second-order valence-corrected chi connectivity index (χ2v) is 23.5. The van der Waals surface area contributed by atoms with Gasteiger partial charge in [0, 0.05) is 55.5 Å². The third kappa shape index (κ3) is 18.1. The molecule has 1 aliphatic carbocycles. The zero-order valence-corrected chi connectivity index (χ0v) is 48.1. The number of aromatic nitrogens is 2. The van der Waals surface area contributed by atoms with E-state index in [0.717, 1.165) is 5.56 Å². The topological polar surface area (TPSA) is 235 Å². The third-order valence-electron chi connectivity index (χ3n) is 13.6. The van der Waals surface area contributed by atoms with Crippen LogP contribution in [-0.4, -0.2) is 123 Å². The first-order valence-electron chi connectivity index (χ1n) is 27.7. The number of aliphatic hydroxyl groups is 1. The molecule has 0 bridgehead atoms. The molecular weight excluding hydrogens is 1020 g/mol. The lowest BCUT2D eigenvalue weighted by Gasteiger charge is -2.43. The second-order valence-electron chi connectivity index (χ2n) is 23.5. The normalized spacial score (nSPS) is 16.5.